The number of aromatic hydroxyl groups is 1. The molecule has 3 rings (SSSR count). The standard InChI is InChI=1S/C29H36N2O.3ClH.Cr/c1-28(2,3)23-17-22(27(32)24(18-23)29(4,5)6)19-31-26(21-15-11-8-12-16-21)25(30)20-13-9-7-10-14-20;;;;/h7-19,25-26,32H,30H2,1-6H3;3*1H;/q;;;;+3/p-3. The van der Waals surface area contributed by atoms with E-state index < -0.39 is 0 Å². The molecule has 36 heavy (non-hydrogen) atoms. The van der Waals surface area contributed by atoms with E-state index >= 15 is 0 Å². The van der Waals surface area contributed by atoms with E-state index in [1.807, 2.05) is 54.6 Å². The zero-order chi connectivity index (χ0) is 23.5. The average molecular weight is 587 g/mol. The normalized spacial score (nSPS) is 12.9. The number of phenolic OH excluding ortho intramolecular Hbond substituents is 1. The molecule has 3 aromatic carbocycles. The second-order valence-electron chi connectivity index (χ2n) is 10.5. The summed E-state index contributed by atoms with van der Waals surface area (Å²) in [6.45, 7) is 12.9. The van der Waals surface area contributed by atoms with Crippen molar-refractivity contribution < 1.29 is 59.7 Å². The van der Waals surface area contributed by atoms with Gasteiger partial charge in [-0.1, -0.05) is 108 Å². The van der Waals surface area contributed by atoms with E-state index in [-0.39, 0.29) is 83.2 Å². The van der Waals surface area contributed by atoms with E-state index in [0.717, 1.165) is 22.3 Å². The minimum atomic E-state index is -0.301. The number of phenols is 1. The molecule has 0 aliphatic heterocycles. The van der Waals surface area contributed by atoms with Crippen LogP contribution in [0.15, 0.2) is 77.8 Å². The maximum Gasteiger partial charge on any atom is 3.00 e. The molecule has 195 valence electrons. The van der Waals surface area contributed by atoms with Gasteiger partial charge in [0.15, 0.2) is 0 Å². The predicted molar refractivity (Wildman–Crippen MR) is 136 cm³/mol. The maximum absolute atomic E-state index is 11.1. The van der Waals surface area contributed by atoms with Crippen LogP contribution in [0.3, 0.4) is 0 Å². The van der Waals surface area contributed by atoms with Crippen molar-refractivity contribution in [2.24, 2.45) is 10.7 Å². The van der Waals surface area contributed by atoms with Crippen molar-refractivity contribution >= 4 is 6.21 Å². The second kappa shape index (κ2) is 15.0. The molecular formula is C29H36Cl3CrN2O. The van der Waals surface area contributed by atoms with Crippen LogP contribution in [0, 0.1) is 0 Å². The summed E-state index contributed by atoms with van der Waals surface area (Å²) in [5.41, 5.74) is 11.4. The van der Waals surface area contributed by atoms with E-state index in [2.05, 4.69) is 59.7 Å². The van der Waals surface area contributed by atoms with Gasteiger partial charge in [0.25, 0.3) is 0 Å². The fraction of sp³-hybridized carbons (Fsp3) is 0.345. The van der Waals surface area contributed by atoms with Crippen molar-refractivity contribution in [1.29, 1.82) is 0 Å². The molecule has 7 heteroatoms. The van der Waals surface area contributed by atoms with Crippen LogP contribution >= 0.6 is 0 Å². The molecule has 1 radical (unpaired) electrons. The van der Waals surface area contributed by atoms with E-state index in [1.165, 1.54) is 5.56 Å². The number of nitrogens with two attached hydrogens (primary N) is 1. The number of nitrogens with zero attached hydrogens (tertiary/aromatic N) is 1. The van der Waals surface area contributed by atoms with Crippen LogP contribution in [0.2, 0.25) is 0 Å². The minimum Gasteiger partial charge on any atom is -1.00 e. The van der Waals surface area contributed by atoms with Crippen LogP contribution in [-0.2, 0) is 28.2 Å². The molecule has 3 nitrogen and oxygen atoms in total. The first-order chi connectivity index (χ1) is 15.0. The Hall–Kier alpha value is -1.51. The van der Waals surface area contributed by atoms with Gasteiger partial charge in [-0.15, -0.1) is 0 Å². The number of benzene rings is 3. The average Bonchev–Trinajstić information content (AvgIpc) is 2.74. The Kier molecular flexibility index (Phi) is 15.3. The summed E-state index contributed by atoms with van der Waals surface area (Å²) in [6.07, 6.45) is 1.79. The molecule has 0 fully saturated rings. The molecule has 0 spiro atoms. The summed E-state index contributed by atoms with van der Waals surface area (Å²) in [5, 5.41) is 11.1. The van der Waals surface area contributed by atoms with E-state index in [9.17, 15) is 5.11 Å². The van der Waals surface area contributed by atoms with Gasteiger partial charge >= 0.3 is 17.4 Å². The van der Waals surface area contributed by atoms with Crippen molar-refractivity contribution in [3.05, 3.63) is 101 Å². The number of hydrogen-bond donors (Lipinski definition) is 2. The van der Waals surface area contributed by atoms with Gasteiger partial charge in [0.1, 0.15) is 5.75 Å². The molecule has 0 saturated carbocycles. The van der Waals surface area contributed by atoms with E-state index in [4.69, 9.17) is 10.7 Å². The van der Waals surface area contributed by atoms with E-state index in [1.54, 1.807) is 6.21 Å². The molecule has 0 aromatic heterocycles. The topological polar surface area (TPSA) is 58.6 Å². The first kappa shape index (κ1) is 36.6. The van der Waals surface area contributed by atoms with Crippen molar-refractivity contribution in [2.75, 3.05) is 0 Å². The number of hydrogen-bond acceptors (Lipinski definition) is 3. The van der Waals surface area contributed by atoms with Gasteiger partial charge in [-0.3, -0.25) is 4.99 Å². The summed E-state index contributed by atoms with van der Waals surface area (Å²) in [5.74, 6) is 0.286. The Morgan fingerprint density at radius 3 is 1.67 bits per heavy atom. The molecule has 2 unspecified atom stereocenters. The van der Waals surface area contributed by atoms with Gasteiger partial charge in [-0.05, 0) is 33.6 Å². The zero-order valence-electron chi connectivity index (χ0n) is 21.7. The van der Waals surface area contributed by atoms with Crippen LogP contribution in [0.1, 0.15) is 81.4 Å². The molecule has 3 N–H and O–H groups in total. The van der Waals surface area contributed by atoms with Crippen molar-refractivity contribution in [2.45, 2.75) is 64.5 Å². The smallest absolute Gasteiger partial charge is 1.00 e. The van der Waals surface area contributed by atoms with Crippen LogP contribution in [0.4, 0.5) is 0 Å². The fourth-order valence-electron chi connectivity index (χ4n) is 3.81. The first-order valence-corrected chi connectivity index (χ1v) is 11.2. The third-order valence-electron chi connectivity index (χ3n) is 5.85. The van der Waals surface area contributed by atoms with Crippen molar-refractivity contribution in [3.8, 4) is 5.75 Å². The second-order valence-corrected chi connectivity index (χ2v) is 10.5. The SMILES string of the molecule is CC(C)(C)c1cc(C=NC(c2ccccc2)C(N)c2ccccc2)c(O)c(C(C)(C)C)c1.[Cl-].[Cl-].[Cl-].[Cr+3]. The number of aliphatic imine (C=N–C) groups is 1. The fourth-order valence-corrected chi connectivity index (χ4v) is 3.81. The molecule has 2 atom stereocenters. The first-order valence-electron chi connectivity index (χ1n) is 11.2. The minimum absolute atomic E-state index is 0. The maximum atomic E-state index is 11.1. The summed E-state index contributed by atoms with van der Waals surface area (Å²) >= 11 is 0. The third kappa shape index (κ3) is 9.10. The number of rotatable bonds is 5. The summed E-state index contributed by atoms with van der Waals surface area (Å²) in [7, 11) is 0. The number of halogens is 3. The molecule has 0 saturated heterocycles. The molecule has 0 amide bonds. The largest absolute Gasteiger partial charge is 3.00 e. The predicted octanol–water partition coefficient (Wildman–Crippen LogP) is -2.14. The summed E-state index contributed by atoms with van der Waals surface area (Å²) in [4.78, 5) is 4.94. The van der Waals surface area contributed by atoms with E-state index in [0.29, 0.717) is 0 Å². The van der Waals surface area contributed by atoms with Gasteiger partial charge in [0, 0.05) is 17.3 Å². The van der Waals surface area contributed by atoms with Crippen molar-refractivity contribution in [3.63, 3.8) is 0 Å². The Bertz CT molecular complexity index is 1080. The van der Waals surface area contributed by atoms with Gasteiger partial charge in [-0.25, -0.2) is 0 Å². The Balaban J connectivity index is 0. The zero-order valence-corrected chi connectivity index (χ0v) is 25.2. The van der Waals surface area contributed by atoms with Gasteiger partial charge in [-0.2, -0.15) is 0 Å². The Morgan fingerprint density at radius 1 is 0.750 bits per heavy atom. The van der Waals surface area contributed by atoms with Crippen molar-refractivity contribution in [1.82, 2.24) is 0 Å². The van der Waals surface area contributed by atoms with Gasteiger partial charge in [0.05, 0.1) is 12.1 Å². The molecule has 0 aliphatic rings. The Morgan fingerprint density at radius 2 is 1.22 bits per heavy atom. The van der Waals surface area contributed by atoms with Crippen LogP contribution in [0.5, 0.6) is 5.75 Å². The molecule has 0 bridgehead atoms. The molecule has 3 aromatic rings. The summed E-state index contributed by atoms with van der Waals surface area (Å²) < 4.78 is 0. The van der Waals surface area contributed by atoms with Crippen LogP contribution in [-0.4, -0.2) is 11.3 Å². The molecule has 0 aliphatic carbocycles. The monoisotopic (exact) mass is 585 g/mol. The third-order valence-corrected chi connectivity index (χ3v) is 5.85. The quantitative estimate of drug-likeness (QED) is 0.336. The van der Waals surface area contributed by atoms with Crippen LogP contribution < -0.4 is 43.0 Å². The van der Waals surface area contributed by atoms with Gasteiger partial charge < -0.3 is 48.1 Å². The molecule has 0 heterocycles. The Labute approximate surface area is 246 Å². The molecular weight excluding hydrogens is 551 g/mol. The van der Waals surface area contributed by atoms with Gasteiger partial charge in [0.2, 0.25) is 0 Å². The van der Waals surface area contributed by atoms with Crippen LogP contribution in [0.25, 0.3) is 0 Å². The summed E-state index contributed by atoms with van der Waals surface area (Å²) in [6, 6.07) is 23.7.